The first-order chi connectivity index (χ1) is 21.5. The highest BCUT2D eigenvalue weighted by Gasteiger charge is 2.33. The van der Waals surface area contributed by atoms with Gasteiger partial charge in [-0.2, -0.15) is 0 Å². The van der Waals surface area contributed by atoms with Gasteiger partial charge in [0.05, 0.1) is 5.69 Å². The number of para-hydroxylation sites is 1. The van der Waals surface area contributed by atoms with Crippen LogP contribution in [0.2, 0.25) is 0 Å². The van der Waals surface area contributed by atoms with Gasteiger partial charge in [-0.05, 0) is 81.0 Å². The first-order valence-corrected chi connectivity index (χ1v) is 15.2. The third-order valence-electron chi connectivity index (χ3n) is 8.46. The van der Waals surface area contributed by atoms with Crippen molar-refractivity contribution in [3.8, 4) is 0 Å². The Balaban J connectivity index is 1.39. The van der Waals surface area contributed by atoms with Crippen molar-refractivity contribution in [2.24, 2.45) is 0 Å². The second-order valence-corrected chi connectivity index (χ2v) is 12.1. The lowest BCUT2D eigenvalue weighted by Crippen LogP contribution is -2.56. The summed E-state index contributed by atoms with van der Waals surface area (Å²) in [6, 6.07) is 16.7. The summed E-state index contributed by atoms with van der Waals surface area (Å²) in [4.78, 5) is 49.4. The number of halogens is 1. The number of ketones is 1. The van der Waals surface area contributed by atoms with Crippen LogP contribution in [-0.4, -0.2) is 78.8 Å². The molecule has 0 bridgehead atoms. The van der Waals surface area contributed by atoms with E-state index in [9.17, 15) is 18.8 Å². The number of hydrogen-bond acceptors (Lipinski definition) is 5. The van der Waals surface area contributed by atoms with E-state index in [4.69, 9.17) is 0 Å². The summed E-state index contributed by atoms with van der Waals surface area (Å²) in [6.07, 6.45) is 1.88. The summed E-state index contributed by atoms with van der Waals surface area (Å²) in [5.41, 5.74) is 5.39. The van der Waals surface area contributed by atoms with Crippen LogP contribution in [0.1, 0.15) is 46.8 Å². The summed E-state index contributed by atoms with van der Waals surface area (Å²) in [5, 5.41) is 6.98. The number of anilines is 2. The molecule has 2 unspecified atom stereocenters. The smallest absolute Gasteiger partial charge is 0.318 e. The number of H-pyrrole nitrogens is 1. The molecule has 0 saturated carbocycles. The largest absolute Gasteiger partial charge is 0.368 e. The number of amides is 3. The van der Waals surface area contributed by atoms with Gasteiger partial charge < -0.3 is 30.3 Å². The van der Waals surface area contributed by atoms with Crippen molar-refractivity contribution in [1.82, 2.24) is 20.1 Å². The molecule has 1 saturated heterocycles. The van der Waals surface area contributed by atoms with Crippen molar-refractivity contribution in [2.45, 2.75) is 39.3 Å². The van der Waals surface area contributed by atoms with E-state index in [1.165, 1.54) is 19.1 Å². The number of nitrogens with zero attached hydrogens (tertiary/aromatic N) is 3. The van der Waals surface area contributed by atoms with Crippen molar-refractivity contribution in [1.29, 1.82) is 0 Å². The van der Waals surface area contributed by atoms with Gasteiger partial charge in [0.25, 0.3) is 0 Å². The molecule has 2 heterocycles. The minimum absolute atomic E-state index is 0.166. The van der Waals surface area contributed by atoms with E-state index in [0.29, 0.717) is 44.0 Å². The number of Topliss-reactive ketones (excluding diaryl/α,β-unsaturated/α-hetero) is 1. The molecule has 2 atom stereocenters. The summed E-state index contributed by atoms with van der Waals surface area (Å²) in [7, 11) is 3.90. The zero-order valence-electron chi connectivity index (χ0n) is 26.5. The molecule has 1 aliphatic rings. The zero-order valence-corrected chi connectivity index (χ0v) is 26.5. The molecule has 1 fully saturated rings. The Morgan fingerprint density at radius 2 is 1.73 bits per heavy atom. The molecule has 0 aliphatic carbocycles. The lowest BCUT2D eigenvalue weighted by Gasteiger charge is -2.37. The van der Waals surface area contributed by atoms with Gasteiger partial charge in [-0.25, -0.2) is 9.18 Å². The van der Waals surface area contributed by atoms with Gasteiger partial charge in [0.2, 0.25) is 5.91 Å². The number of fused-ring (bicyclic) bond motifs is 1. The minimum Gasteiger partial charge on any atom is -0.368 e. The molecular weight excluding hydrogens is 571 g/mol. The normalized spacial score (nSPS) is 14.8. The number of benzene rings is 3. The van der Waals surface area contributed by atoms with Crippen LogP contribution in [0, 0.1) is 12.7 Å². The highest BCUT2D eigenvalue weighted by atomic mass is 19.1. The van der Waals surface area contributed by atoms with E-state index in [1.807, 2.05) is 75.4 Å². The van der Waals surface area contributed by atoms with E-state index in [1.54, 1.807) is 17.0 Å². The van der Waals surface area contributed by atoms with Crippen molar-refractivity contribution in [2.75, 3.05) is 50.5 Å². The average molecular weight is 613 g/mol. The van der Waals surface area contributed by atoms with E-state index in [-0.39, 0.29) is 17.6 Å². The van der Waals surface area contributed by atoms with E-state index >= 15 is 0 Å². The first-order valence-electron chi connectivity index (χ1n) is 15.2. The van der Waals surface area contributed by atoms with E-state index in [2.05, 4.69) is 20.5 Å². The number of aryl methyl sites for hydroxylation is 1. The molecule has 1 aliphatic heterocycles. The van der Waals surface area contributed by atoms with Crippen molar-refractivity contribution < 1.29 is 18.8 Å². The minimum atomic E-state index is -0.939. The van der Waals surface area contributed by atoms with Gasteiger partial charge in [-0.3, -0.25) is 9.59 Å². The van der Waals surface area contributed by atoms with Crippen LogP contribution in [0.3, 0.4) is 0 Å². The van der Waals surface area contributed by atoms with Crippen LogP contribution in [0.5, 0.6) is 0 Å². The second kappa shape index (κ2) is 13.5. The number of carbonyl (C=O) groups is 3. The fourth-order valence-electron chi connectivity index (χ4n) is 6.09. The molecule has 3 N–H and O–H groups in total. The molecule has 4 aromatic rings. The van der Waals surface area contributed by atoms with Crippen molar-refractivity contribution in [3.05, 3.63) is 94.9 Å². The third kappa shape index (κ3) is 7.17. The number of nitrogens with one attached hydrogen (secondary N) is 3. The van der Waals surface area contributed by atoms with Crippen LogP contribution < -0.4 is 15.5 Å². The number of urea groups is 1. The molecule has 236 valence electrons. The van der Waals surface area contributed by atoms with Gasteiger partial charge in [-0.1, -0.05) is 31.2 Å². The number of rotatable bonds is 9. The Bertz CT molecular complexity index is 1710. The summed E-state index contributed by atoms with van der Waals surface area (Å²) >= 11 is 0. The average Bonchev–Trinajstić information content (AvgIpc) is 3.43. The molecule has 3 amide bonds. The summed E-state index contributed by atoms with van der Waals surface area (Å²) in [6.45, 7) is 7.95. The van der Waals surface area contributed by atoms with Crippen LogP contribution in [0.25, 0.3) is 10.9 Å². The number of aromatic nitrogens is 1. The van der Waals surface area contributed by atoms with Gasteiger partial charge in [0.15, 0.2) is 5.78 Å². The summed E-state index contributed by atoms with van der Waals surface area (Å²) < 4.78 is 13.7. The molecule has 9 nitrogen and oxygen atoms in total. The van der Waals surface area contributed by atoms with Crippen LogP contribution in [0.4, 0.5) is 20.6 Å². The molecular formula is C35H41FN6O3. The predicted molar refractivity (Wildman–Crippen MR) is 176 cm³/mol. The predicted octanol–water partition coefficient (Wildman–Crippen LogP) is 5.52. The first kappa shape index (κ1) is 31.7. The Morgan fingerprint density at radius 3 is 2.42 bits per heavy atom. The highest BCUT2D eigenvalue weighted by molar-refractivity contribution is 6.06. The fraction of sp³-hybridized carbons (Fsp3) is 0.343. The highest BCUT2D eigenvalue weighted by Crippen LogP contribution is 2.29. The lowest BCUT2D eigenvalue weighted by molar-refractivity contribution is -0.118. The summed E-state index contributed by atoms with van der Waals surface area (Å²) in [5.74, 6) is -1.26. The maximum atomic E-state index is 14.1. The Morgan fingerprint density at radius 1 is 1.00 bits per heavy atom. The number of carbonyl (C=O) groups excluding carboxylic acids is 3. The maximum Gasteiger partial charge on any atom is 0.318 e. The lowest BCUT2D eigenvalue weighted by atomic mass is 9.92. The Labute approximate surface area is 263 Å². The third-order valence-corrected chi connectivity index (χ3v) is 8.46. The topological polar surface area (TPSA) is 101 Å². The van der Waals surface area contributed by atoms with E-state index in [0.717, 1.165) is 33.3 Å². The molecule has 1 aromatic heterocycles. The molecule has 0 radical (unpaired) electrons. The Hall–Kier alpha value is -4.70. The molecule has 45 heavy (non-hydrogen) atoms. The van der Waals surface area contributed by atoms with Crippen LogP contribution >= 0.6 is 0 Å². The van der Waals surface area contributed by atoms with Crippen LogP contribution in [-0.2, 0) is 11.3 Å². The van der Waals surface area contributed by atoms with Crippen molar-refractivity contribution in [3.63, 3.8) is 0 Å². The standard InChI is InChI=1S/C35H41FN6O3/c1-22-18-26(36)11-13-32(22)41-14-16-42(17-15-41)35(45)39-33(23(2)29-20-37-30-9-7-6-8-28(29)30)34(44)38-31-19-25(21-40(4)5)10-12-27(31)24(3)43/h6-13,18-20,23,33,37H,14-17,21H2,1-5H3,(H,38,44)(H,39,45). The fourth-order valence-corrected chi connectivity index (χ4v) is 6.09. The van der Waals surface area contributed by atoms with Crippen molar-refractivity contribution >= 4 is 40.0 Å². The number of aromatic amines is 1. The molecule has 5 rings (SSSR count). The van der Waals surface area contributed by atoms with E-state index < -0.39 is 17.9 Å². The van der Waals surface area contributed by atoms with Crippen LogP contribution in [0.15, 0.2) is 66.9 Å². The van der Waals surface area contributed by atoms with Gasteiger partial charge in [-0.15, -0.1) is 0 Å². The molecule has 0 spiro atoms. The Kier molecular flexibility index (Phi) is 9.53. The van der Waals surface area contributed by atoms with Gasteiger partial charge >= 0.3 is 6.03 Å². The molecule has 3 aromatic carbocycles. The van der Waals surface area contributed by atoms with Gasteiger partial charge in [0, 0.05) is 67.0 Å². The second-order valence-electron chi connectivity index (χ2n) is 12.1. The van der Waals surface area contributed by atoms with Gasteiger partial charge in [0.1, 0.15) is 11.9 Å². The zero-order chi connectivity index (χ0) is 32.2. The molecule has 10 heteroatoms. The number of piperazine rings is 1. The SMILES string of the molecule is CC(=O)c1ccc(CN(C)C)cc1NC(=O)C(NC(=O)N1CCN(c2ccc(F)cc2C)CC1)C(C)c1c[nH]c2ccccc12. The number of hydrogen-bond donors (Lipinski definition) is 3. The monoisotopic (exact) mass is 612 g/mol. The maximum absolute atomic E-state index is 14.1. The quantitative estimate of drug-likeness (QED) is 0.216.